The van der Waals surface area contributed by atoms with E-state index in [2.05, 4.69) is 11.8 Å². The van der Waals surface area contributed by atoms with Crippen LogP contribution >= 0.6 is 0 Å². The van der Waals surface area contributed by atoms with Crippen molar-refractivity contribution >= 4 is 5.91 Å². The van der Waals surface area contributed by atoms with Crippen molar-refractivity contribution in [3.05, 3.63) is 35.1 Å². The topological polar surface area (TPSA) is 40.5 Å². The first-order valence-corrected chi connectivity index (χ1v) is 7.01. The molecule has 1 amide bonds. The Bertz CT molecular complexity index is 570. The summed E-state index contributed by atoms with van der Waals surface area (Å²) >= 11 is 0. The first-order valence-electron chi connectivity index (χ1n) is 7.01. The van der Waals surface area contributed by atoms with Crippen LogP contribution in [0.15, 0.2) is 18.2 Å². The SMILES string of the molecule is CCC(C)(C)N(C)C(=O)c1ccc(C#CCCO)c(F)c1. The van der Waals surface area contributed by atoms with E-state index in [0.717, 1.165) is 6.42 Å². The largest absolute Gasteiger partial charge is 0.395 e. The Morgan fingerprint density at radius 3 is 2.62 bits per heavy atom. The minimum Gasteiger partial charge on any atom is -0.395 e. The lowest BCUT2D eigenvalue weighted by molar-refractivity contribution is 0.0619. The number of aliphatic hydroxyl groups excluding tert-OH is 1. The van der Waals surface area contributed by atoms with Crippen LogP contribution in [0.2, 0.25) is 0 Å². The normalized spacial score (nSPS) is 10.8. The lowest BCUT2D eigenvalue weighted by Gasteiger charge is -2.35. The second-order valence-electron chi connectivity index (χ2n) is 5.50. The van der Waals surface area contributed by atoms with Crippen molar-refractivity contribution in [2.75, 3.05) is 13.7 Å². The highest BCUT2D eigenvalue weighted by atomic mass is 19.1. The molecule has 21 heavy (non-hydrogen) atoms. The van der Waals surface area contributed by atoms with E-state index >= 15 is 0 Å². The molecule has 0 heterocycles. The van der Waals surface area contributed by atoms with E-state index in [1.807, 2.05) is 20.8 Å². The molecular formula is C17H22FNO2. The Balaban J connectivity index is 2.99. The van der Waals surface area contributed by atoms with Crippen molar-refractivity contribution in [3.8, 4) is 11.8 Å². The molecule has 0 saturated carbocycles. The van der Waals surface area contributed by atoms with Crippen LogP contribution < -0.4 is 0 Å². The number of carbonyl (C=O) groups excluding carboxylic acids is 1. The summed E-state index contributed by atoms with van der Waals surface area (Å²) in [7, 11) is 1.72. The molecule has 0 spiro atoms. The summed E-state index contributed by atoms with van der Waals surface area (Å²) in [6, 6.07) is 4.30. The van der Waals surface area contributed by atoms with Crippen LogP contribution in [0.1, 0.15) is 49.5 Å². The third-order valence-corrected chi connectivity index (χ3v) is 3.75. The smallest absolute Gasteiger partial charge is 0.254 e. The Morgan fingerprint density at radius 1 is 1.43 bits per heavy atom. The highest BCUT2D eigenvalue weighted by molar-refractivity contribution is 5.94. The van der Waals surface area contributed by atoms with Gasteiger partial charge in [-0.3, -0.25) is 4.79 Å². The van der Waals surface area contributed by atoms with Crippen molar-refractivity contribution in [2.24, 2.45) is 0 Å². The second-order valence-corrected chi connectivity index (χ2v) is 5.50. The minimum atomic E-state index is -0.519. The molecule has 1 aromatic rings. The Hall–Kier alpha value is -1.86. The lowest BCUT2D eigenvalue weighted by Crippen LogP contribution is -2.44. The van der Waals surface area contributed by atoms with E-state index in [4.69, 9.17) is 5.11 Å². The van der Waals surface area contributed by atoms with E-state index in [1.54, 1.807) is 18.0 Å². The minimum absolute atomic E-state index is 0.0535. The monoisotopic (exact) mass is 291 g/mol. The fourth-order valence-corrected chi connectivity index (χ4v) is 1.67. The Labute approximate surface area is 125 Å². The van der Waals surface area contributed by atoms with Crippen molar-refractivity contribution in [2.45, 2.75) is 39.2 Å². The van der Waals surface area contributed by atoms with E-state index in [-0.39, 0.29) is 23.6 Å². The van der Waals surface area contributed by atoms with Crippen LogP contribution in [0.3, 0.4) is 0 Å². The van der Waals surface area contributed by atoms with Gasteiger partial charge in [0.05, 0.1) is 12.2 Å². The molecule has 114 valence electrons. The Kier molecular flexibility index (Phi) is 5.92. The first kappa shape index (κ1) is 17.2. The molecule has 3 nitrogen and oxygen atoms in total. The standard InChI is InChI=1S/C17H22FNO2/c1-5-17(2,3)19(4)16(21)14-10-9-13(15(18)12-14)8-6-7-11-20/h9-10,12,20H,5,7,11H2,1-4H3. The molecule has 1 aromatic carbocycles. The molecule has 0 aliphatic heterocycles. The van der Waals surface area contributed by atoms with Crippen LogP contribution in [0.4, 0.5) is 4.39 Å². The van der Waals surface area contributed by atoms with E-state index in [0.29, 0.717) is 12.0 Å². The zero-order valence-electron chi connectivity index (χ0n) is 13.0. The first-order chi connectivity index (χ1) is 9.83. The van der Waals surface area contributed by atoms with Crippen molar-refractivity contribution in [1.82, 2.24) is 4.90 Å². The summed E-state index contributed by atoms with van der Waals surface area (Å²) in [6.07, 6.45) is 1.11. The highest BCUT2D eigenvalue weighted by Gasteiger charge is 2.26. The average molecular weight is 291 g/mol. The van der Waals surface area contributed by atoms with Crippen molar-refractivity contribution in [1.29, 1.82) is 0 Å². The lowest BCUT2D eigenvalue weighted by atomic mass is 9.98. The summed E-state index contributed by atoms with van der Waals surface area (Å²) in [6.45, 7) is 5.89. The van der Waals surface area contributed by atoms with Gasteiger partial charge in [-0.1, -0.05) is 18.8 Å². The Morgan fingerprint density at radius 2 is 2.10 bits per heavy atom. The molecule has 0 fully saturated rings. The molecule has 0 aliphatic carbocycles. The van der Waals surface area contributed by atoms with Gasteiger partial charge in [0.1, 0.15) is 5.82 Å². The average Bonchev–Trinajstić information content (AvgIpc) is 2.47. The molecule has 0 aliphatic rings. The van der Waals surface area contributed by atoms with Gasteiger partial charge in [0.15, 0.2) is 0 Å². The van der Waals surface area contributed by atoms with Gasteiger partial charge in [0.25, 0.3) is 5.91 Å². The maximum absolute atomic E-state index is 13.9. The van der Waals surface area contributed by atoms with Crippen LogP contribution in [0.25, 0.3) is 0 Å². The number of hydrogen-bond donors (Lipinski definition) is 1. The molecule has 0 unspecified atom stereocenters. The quantitative estimate of drug-likeness (QED) is 0.867. The molecule has 1 N–H and O–H groups in total. The van der Waals surface area contributed by atoms with E-state index in [1.165, 1.54) is 12.1 Å². The number of aliphatic hydroxyl groups is 1. The predicted molar refractivity (Wildman–Crippen MR) is 81.4 cm³/mol. The fourth-order valence-electron chi connectivity index (χ4n) is 1.67. The molecular weight excluding hydrogens is 269 g/mol. The van der Waals surface area contributed by atoms with Gasteiger partial charge in [-0.05, 0) is 38.5 Å². The maximum atomic E-state index is 13.9. The second kappa shape index (κ2) is 7.24. The van der Waals surface area contributed by atoms with Gasteiger partial charge in [0.2, 0.25) is 0 Å². The molecule has 0 saturated heterocycles. The number of amides is 1. The van der Waals surface area contributed by atoms with E-state index in [9.17, 15) is 9.18 Å². The third-order valence-electron chi connectivity index (χ3n) is 3.75. The summed E-state index contributed by atoms with van der Waals surface area (Å²) < 4.78 is 13.9. The van der Waals surface area contributed by atoms with Gasteiger partial charge in [-0.25, -0.2) is 4.39 Å². The molecule has 1 rings (SSSR count). The maximum Gasteiger partial charge on any atom is 0.254 e. The number of halogens is 1. The van der Waals surface area contributed by atoms with Crippen LogP contribution in [0, 0.1) is 17.7 Å². The zero-order valence-corrected chi connectivity index (χ0v) is 13.0. The molecule has 4 heteroatoms. The summed E-state index contributed by atoms with van der Waals surface area (Å²) in [4.78, 5) is 14.0. The van der Waals surface area contributed by atoms with Gasteiger partial charge >= 0.3 is 0 Å². The van der Waals surface area contributed by atoms with Crippen LogP contribution in [-0.4, -0.2) is 35.1 Å². The number of hydrogen-bond acceptors (Lipinski definition) is 2. The summed E-state index contributed by atoms with van der Waals surface area (Å²) in [5.41, 5.74) is 0.259. The van der Waals surface area contributed by atoms with Crippen LogP contribution in [-0.2, 0) is 0 Å². The van der Waals surface area contributed by atoms with Gasteiger partial charge in [-0.15, -0.1) is 0 Å². The number of rotatable bonds is 4. The third kappa shape index (κ3) is 4.30. The number of benzene rings is 1. The predicted octanol–water partition coefficient (Wildman–Crippen LogP) is 2.82. The molecule has 0 radical (unpaired) electrons. The summed E-state index contributed by atoms with van der Waals surface area (Å²) in [5.74, 6) is 4.57. The van der Waals surface area contributed by atoms with Crippen molar-refractivity contribution < 1.29 is 14.3 Å². The van der Waals surface area contributed by atoms with E-state index < -0.39 is 5.82 Å². The zero-order chi connectivity index (χ0) is 16.0. The van der Waals surface area contributed by atoms with Gasteiger partial charge < -0.3 is 10.0 Å². The summed E-state index contributed by atoms with van der Waals surface area (Å²) in [5, 5.41) is 8.64. The number of nitrogens with zero attached hydrogens (tertiary/aromatic N) is 1. The molecule has 0 bridgehead atoms. The van der Waals surface area contributed by atoms with Gasteiger partial charge in [0, 0.05) is 24.6 Å². The fraction of sp³-hybridized carbons (Fsp3) is 0.471. The van der Waals surface area contributed by atoms with Gasteiger partial charge in [-0.2, -0.15) is 0 Å². The molecule has 0 atom stereocenters. The highest BCUT2D eigenvalue weighted by Crippen LogP contribution is 2.20. The number of carbonyl (C=O) groups is 1. The van der Waals surface area contributed by atoms with Crippen molar-refractivity contribution in [3.63, 3.8) is 0 Å². The molecule has 0 aromatic heterocycles. The van der Waals surface area contributed by atoms with Crippen LogP contribution in [0.5, 0.6) is 0 Å².